The molecule has 0 spiro atoms. The summed E-state index contributed by atoms with van der Waals surface area (Å²) in [7, 11) is 0. The Balaban J connectivity index is 0.996. The number of hydrogen-bond acceptors (Lipinski definition) is 7. The molecule has 0 unspecified atom stereocenters. The molecule has 1 saturated heterocycles. The molecule has 2 aromatic carbocycles. The Bertz CT molecular complexity index is 1900. The lowest BCUT2D eigenvalue weighted by Crippen LogP contribution is -2.51. The van der Waals surface area contributed by atoms with E-state index >= 15 is 0 Å². The minimum Gasteiger partial charge on any atom is -0.388 e. The van der Waals surface area contributed by atoms with Crippen molar-refractivity contribution in [1.82, 2.24) is 19.4 Å². The van der Waals surface area contributed by atoms with Gasteiger partial charge >= 0.3 is 0 Å². The van der Waals surface area contributed by atoms with E-state index in [-0.39, 0.29) is 53.9 Å². The van der Waals surface area contributed by atoms with Crippen LogP contribution in [0.15, 0.2) is 71.8 Å². The third-order valence-electron chi connectivity index (χ3n) is 9.89. The minimum absolute atomic E-state index is 0.0278. The molecule has 242 valence electrons. The van der Waals surface area contributed by atoms with Crippen molar-refractivity contribution < 1.29 is 19.5 Å². The van der Waals surface area contributed by atoms with Gasteiger partial charge in [0.2, 0.25) is 17.7 Å². The number of amides is 3. The van der Waals surface area contributed by atoms with Crippen molar-refractivity contribution in [3.63, 3.8) is 0 Å². The third kappa shape index (κ3) is 6.53. The molecule has 3 N–H and O–H groups in total. The molecule has 2 fully saturated rings. The molecule has 4 heterocycles. The molecule has 2 atom stereocenters. The van der Waals surface area contributed by atoms with Crippen LogP contribution in [-0.2, 0) is 33.8 Å². The van der Waals surface area contributed by atoms with Crippen molar-refractivity contribution in [2.75, 3.05) is 23.7 Å². The summed E-state index contributed by atoms with van der Waals surface area (Å²) in [6.45, 7) is 0.877. The Morgan fingerprint density at radius 2 is 1.79 bits per heavy atom. The molecule has 2 aliphatic heterocycles. The van der Waals surface area contributed by atoms with Crippen LogP contribution < -0.4 is 16.2 Å². The van der Waals surface area contributed by atoms with E-state index in [4.69, 9.17) is 0 Å². The zero-order valence-electron chi connectivity index (χ0n) is 26.2. The van der Waals surface area contributed by atoms with Gasteiger partial charge in [-0.25, -0.2) is 9.97 Å². The van der Waals surface area contributed by atoms with Crippen LogP contribution in [-0.4, -0.2) is 61.0 Å². The van der Waals surface area contributed by atoms with Crippen molar-refractivity contribution in [1.29, 1.82) is 0 Å². The van der Waals surface area contributed by atoms with Gasteiger partial charge in [-0.05, 0) is 66.5 Å². The highest BCUT2D eigenvalue weighted by Crippen LogP contribution is 2.39. The predicted molar refractivity (Wildman–Crippen MR) is 177 cm³/mol. The molecule has 11 heteroatoms. The molecule has 4 aromatic rings. The third-order valence-corrected chi connectivity index (χ3v) is 9.89. The Morgan fingerprint density at radius 3 is 2.60 bits per heavy atom. The highest BCUT2D eigenvalue weighted by atomic mass is 16.3. The number of anilines is 2. The lowest BCUT2D eigenvalue weighted by atomic mass is 9.74. The molecule has 0 radical (unpaired) electrons. The predicted octanol–water partition coefficient (Wildman–Crippen LogP) is 3.79. The first-order chi connectivity index (χ1) is 22.7. The second-order valence-corrected chi connectivity index (χ2v) is 13.1. The van der Waals surface area contributed by atoms with Crippen LogP contribution in [0.1, 0.15) is 61.1 Å². The molecule has 11 nitrogen and oxygen atoms in total. The number of aliphatic hydroxyl groups is 1. The quantitative estimate of drug-likeness (QED) is 0.280. The molecule has 47 heavy (non-hydrogen) atoms. The average Bonchev–Trinajstić information content (AvgIpc) is 3.46. The summed E-state index contributed by atoms with van der Waals surface area (Å²) in [4.78, 5) is 62.3. The number of nitrogens with zero attached hydrogens (tertiary/aromatic N) is 4. The number of hydrogen-bond donors (Lipinski definition) is 3. The van der Waals surface area contributed by atoms with Crippen molar-refractivity contribution >= 4 is 40.3 Å². The molecule has 2 aromatic heterocycles. The zero-order chi connectivity index (χ0) is 32.5. The number of nitrogens with one attached hydrogen (secondary N) is 2. The number of piperidine rings is 1. The maximum Gasteiger partial charge on any atom is 0.280 e. The maximum absolute atomic E-state index is 13.7. The summed E-state index contributed by atoms with van der Waals surface area (Å²) in [5, 5.41) is 17.1. The van der Waals surface area contributed by atoms with E-state index in [1.54, 1.807) is 18.2 Å². The first kappa shape index (κ1) is 30.7. The van der Waals surface area contributed by atoms with Gasteiger partial charge in [-0.1, -0.05) is 55.3 Å². The van der Waals surface area contributed by atoms with Gasteiger partial charge in [-0.15, -0.1) is 0 Å². The number of carbonyl (C=O) groups excluding carboxylic acids is 3. The van der Waals surface area contributed by atoms with Gasteiger partial charge in [0.25, 0.3) is 5.56 Å². The zero-order valence-corrected chi connectivity index (χ0v) is 26.2. The van der Waals surface area contributed by atoms with Crippen LogP contribution in [0.3, 0.4) is 0 Å². The maximum atomic E-state index is 13.7. The van der Waals surface area contributed by atoms with E-state index in [0.717, 1.165) is 42.5 Å². The second-order valence-electron chi connectivity index (χ2n) is 13.1. The highest BCUT2D eigenvalue weighted by Gasteiger charge is 2.39. The lowest BCUT2D eigenvalue weighted by molar-refractivity contribution is -0.142. The summed E-state index contributed by atoms with van der Waals surface area (Å²) in [6.07, 6.45) is 6.57. The fourth-order valence-corrected chi connectivity index (χ4v) is 7.34. The van der Waals surface area contributed by atoms with Crippen LogP contribution in [0.25, 0.3) is 11.0 Å². The topological polar surface area (TPSA) is 147 Å². The van der Waals surface area contributed by atoms with Crippen molar-refractivity contribution in [2.24, 2.45) is 5.92 Å². The van der Waals surface area contributed by atoms with E-state index in [9.17, 15) is 24.3 Å². The number of pyridine rings is 1. The number of aromatic nitrogens is 3. The first-order valence-corrected chi connectivity index (χ1v) is 16.4. The summed E-state index contributed by atoms with van der Waals surface area (Å²) in [5.74, 6) is 0.153. The van der Waals surface area contributed by atoms with Crippen molar-refractivity contribution in [3.05, 3.63) is 94.0 Å². The van der Waals surface area contributed by atoms with E-state index in [1.807, 2.05) is 35.2 Å². The number of carbonyl (C=O) groups is 3. The van der Waals surface area contributed by atoms with Crippen LogP contribution in [0.4, 0.5) is 11.5 Å². The summed E-state index contributed by atoms with van der Waals surface area (Å²) < 4.78 is 1.36. The Hall–Kier alpha value is -4.90. The smallest absolute Gasteiger partial charge is 0.280 e. The second kappa shape index (κ2) is 12.7. The standard InChI is InChI=1S/C36H38N6O5/c43-31(19-23-10-11-25-20-32(44)38-29(25)18-23)39-30-13-12-28-33(40-30)35(46)42(22-37-28)21-36(47)14-16-41(17-15-36)34(45)27-9-5-4-8-26(27)24-6-2-1-3-7-24/h1-3,6-7,10-13,18,22,26-27,47H,4-5,8-9,14-17,19-21H2,(H,38,44)(H,39,40,43)/t26-,27+/m0/s1. The van der Waals surface area contributed by atoms with Crippen LogP contribution >= 0.6 is 0 Å². The highest BCUT2D eigenvalue weighted by molar-refractivity contribution is 5.99. The Morgan fingerprint density at radius 1 is 1.00 bits per heavy atom. The molecular formula is C36H38N6O5. The monoisotopic (exact) mass is 634 g/mol. The van der Waals surface area contributed by atoms with E-state index in [0.29, 0.717) is 37.9 Å². The number of rotatable bonds is 7. The van der Waals surface area contributed by atoms with Crippen LogP contribution in [0.5, 0.6) is 0 Å². The number of fused-ring (bicyclic) bond motifs is 2. The SMILES string of the molecule is O=C(Cc1ccc2c(c1)NC(=O)C2)Nc1ccc2ncn(CC3(O)CCN(C(=O)[C@@H]4CCCC[C@H]4c4ccccc4)CC3)c(=O)c2n1. The van der Waals surface area contributed by atoms with Gasteiger partial charge < -0.3 is 20.6 Å². The van der Waals surface area contributed by atoms with Gasteiger partial charge in [0, 0.05) is 24.7 Å². The minimum atomic E-state index is -1.18. The summed E-state index contributed by atoms with van der Waals surface area (Å²) in [6, 6.07) is 19.0. The molecule has 3 amide bonds. The molecular weight excluding hydrogens is 596 g/mol. The van der Waals surface area contributed by atoms with E-state index < -0.39 is 11.2 Å². The fourth-order valence-electron chi connectivity index (χ4n) is 7.34. The van der Waals surface area contributed by atoms with Gasteiger partial charge in [0.15, 0.2) is 5.52 Å². The number of benzene rings is 2. The van der Waals surface area contributed by atoms with Gasteiger partial charge in [0.05, 0.1) is 36.8 Å². The lowest BCUT2D eigenvalue weighted by Gasteiger charge is -2.41. The Labute approximate surface area is 272 Å². The average molecular weight is 635 g/mol. The summed E-state index contributed by atoms with van der Waals surface area (Å²) in [5.41, 5.74) is 2.45. The molecule has 1 saturated carbocycles. The van der Waals surface area contributed by atoms with Gasteiger partial charge in [0.1, 0.15) is 5.82 Å². The van der Waals surface area contributed by atoms with Gasteiger partial charge in [-0.2, -0.15) is 0 Å². The molecule has 3 aliphatic rings. The molecule has 7 rings (SSSR count). The largest absolute Gasteiger partial charge is 0.388 e. The van der Waals surface area contributed by atoms with Crippen LogP contribution in [0, 0.1) is 5.92 Å². The molecule has 0 bridgehead atoms. The van der Waals surface area contributed by atoms with Gasteiger partial charge in [-0.3, -0.25) is 23.7 Å². The van der Waals surface area contributed by atoms with E-state index in [2.05, 4.69) is 32.7 Å². The number of likely N-dealkylation sites (tertiary alicyclic amines) is 1. The Kier molecular flexibility index (Phi) is 8.31. The molecule has 1 aliphatic carbocycles. The van der Waals surface area contributed by atoms with Crippen molar-refractivity contribution in [2.45, 2.75) is 69.4 Å². The first-order valence-electron chi connectivity index (χ1n) is 16.4. The van der Waals surface area contributed by atoms with E-state index in [1.165, 1.54) is 16.5 Å². The summed E-state index contributed by atoms with van der Waals surface area (Å²) >= 11 is 0. The van der Waals surface area contributed by atoms with Crippen LogP contribution in [0.2, 0.25) is 0 Å². The fraction of sp³-hybridized carbons (Fsp3) is 0.389. The normalized spacial score (nSPS) is 20.4. The van der Waals surface area contributed by atoms with Crippen molar-refractivity contribution in [3.8, 4) is 0 Å².